The van der Waals surface area contributed by atoms with Gasteiger partial charge >= 0.3 is 0 Å². The number of hydrogen-bond donors (Lipinski definition) is 1. The number of benzene rings is 2. The Bertz CT molecular complexity index is 611. The Hall–Kier alpha value is -1.71. The summed E-state index contributed by atoms with van der Waals surface area (Å²) in [4.78, 5) is 0. The molecule has 0 heterocycles. The van der Waals surface area contributed by atoms with Crippen LogP contribution in [0.25, 0.3) is 11.1 Å². The predicted octanol–water partition coefficient (Wildman–Crippen LogP) is 4.04. The minimum atomic E-state index is -0.0937. The number of rotatable bonds is 4. The van der Waals surface area contributed by atoms with Gasteiger partial charge < -0.3 is 15.2 Å². The van der Waals surface area contributed by atoms with E-state index < -0.39 is 0 Å². The van der Waals surface area contributed by atoms with Crippen LogP contribution in [0.15, 0.2) is 36.4 Å². The van der Waals surface area contributed by atoms with Crippen LogP contribution >= 0.6 is 11.6 Å². The summed E-state index contributed by atoms with van der Waals surface area (Å²) in [7, 11) is 3.28. The summed E-state index contributed by atoms with van der Waals surface area (Å²) in [6, 6.07) is 11.4. The van der Waals surface area contributed by atoms with Crippen molar-refractivity contribution in [3.8, 4) is 22.6 Å². The van der Waals surface area contributed by atoms with Crippen LogP contribution in [0.4, 0.5) is 0 Å². The van der Waals surface area contributed by atoms with E-state index in [4.69, 9.17) is 26.8 Å². The molecule has 2 aromatic rings. The summed E-state index contributed by atoms with van der Waals surface area (Å²) < 4.78 is 10.7. The predicted molar refractivity (Wildman–Crippen MR) is 82.6 cm³/mol. The van der Waals surface area contributed by atoms with Crippen molar-refractivity contribution in [3.63, 3.8) is 0 Å². The zero-order valence-corrected chi connectivity index (χ0v) is 12.6. The first-order valence-corrected chi connectivity index (χ1v) is 6.72. The normalized spacial score (nSPS) is 12.1. The molecule has 0 spiro atoms. The Morgan fingerprint density at radius 2 is 1.80 bits per heavy atom. The van der Waals surface area contributed by atoms with Gasteiger partial charge in [-0.3, -0.25) is 0 Å². The van der Waals surface area contributed by atoms with E-state index in [0.717, 1.165) is 28.2 Å². The van der Waals surface area contributed by atoms with Crippen LogP contribution in [0.3, 0.4) is 0 Å². The van der Waals surface area contributed by atoms with Gasteiger partial charge in [-0.15, -0.1) is 0 Å². The van der Waals surface area contributed by atoms with E-state index in [9.17, 15) is 0 Å². The molecule has 0 saturated carbocycles. The standard InChI is InChI=1S/C16H18ClNO2/c1-10(18)13-6-4-11(8-15(13)17)14-9-12(19-2)5-7-16(14)20-3/h4-10H,18H2,1-3H3. The highest BCUT2D eigenvalue weighted by Crippen LogP contribution is 2.36. The number of hydrogen-bond acceptors (Lipinski definition) is 3. The third-order valence-corrected chi connectivity index (χ3v) is 3.54. The van der Waals surface area contributed by atoms with Gasteiger partial charge in [0.05, 0.1) is 14.2 Å². The Kier molecular flexibility index (Phi) is 4.53. The van der Waals surface area contributed by atoms with Gasteiger partial charge in [0.25, 0.3) is 0 Å². The first-order valence-electron chi connectivity index (χ1n) is 6.34. The molecule has 20 heavy (non-hydrogen) atoms. The number of methoxy groups -OCH3 is 2. The molecule has 2 rings (SSSR count). The van der Waals surface area contributed by atoms with Crippen molar-refractivity contribution in [2.24, 2.45) is 5.73 Å². The second-order valence-electron chi connectivity index (χ2n) is 4.59. The summed E-state index contributed by atoms with van der Waals surface area (Å²) in [6.07, 6.45) is 0. The number of halogens is 1. The Balaban J connectivity index is 2.53. The SMILES string of the molecule is COc1ccc(OC)c(-c2ccc(C(C)N)c(Cl)c2)c1. The van der Waals surface area contributed by atoms with Crippen LogP contribution in [0, 0.1) is 0 Å². The first kappa shape index (κ1) is 14.7. The molecular weight excluding hydrogens is 274 g/mol. The highest BCUT2D eigenvalue weighted by Gasteiger charge is 2.11. The summed E-state index contributed by atoms with van der Waals surface area (Å²) in [5.41, 5.74) is 8.71. The quantitative estimate of drug-likeness (QED) is 0.924. The zero-order valence-electron chi connectivity index (χ0n) is 11.8. The summed E-state index contributed by atoms with van der Waals surface area (Å²) in [5, 5.41) is 0.655. The van der Waals surface area contributed by atoms with Crippen LogP contribution in [-0.4, -0.2) is 14.2 Å². The van der Waals surface area contributed by atoms with E-state index in [2.05, 4.69) is 0 Å². The molecule has 0 aromatic heterocycles. The molecule has 4 heteroatoms. The van der Waals surface area contributed by atoms with Gasteiger partial charge in [0, 0.05) is 16.6 Å². The van der Waals surface area contributed by atoms with E-state index in [0.29, 0.717) is 5.02 Å². The first-order chi connectivity index (χ1) is 9.56. The van der Waals surface area contributed by atoms with Crippen LogP contribution in [0.1, 0.15) is 18.5 Å². The van der Waals surface area contributed by atoms with Gasteiger partial charge in [-0.2, -0.15) is 0 Å². The van der Waals surface area contributed by atoms with E-state index in [-0.39, 0.29) is 6.04 Å². The maximum Gasteiger partial charge on any atom is 0.126 e. The van der Waals surface area contributed by atoms with Gasteiger partial charge in [-0.1, -0.05) is 23.7 Å². The minimum Gasteiger partial charge on any atom is -0.497 e. The molecule has 0 saturated heterocycles. The number of ether oxygens (including phenoxy) is 2. The van der Waals surface area contributed by atoms with Crippen molar-refractivity contribution < 1.29 is 9.47 Å². The van der Waals surface area contributed by atoms with Crippen molar-refractivity contribution in [2.45, 2.75) is 13.0 Å². The smallest absolute Gasteiger partial charge is 0.126 e. The fourth-order valence-corrected chi connectivity index (χ4v) is 2.46. The molecule has 1 unspecified atom stereocenters. The largest absolute Gasteiger partial charge is 0.497 e. The van der Waals surface area contributed by atoms with Crippen molar-refractivity contribution >= 4 is 11.6 Å². The second kappa shape index (κ2) is 6.16. The van der Waals surface area contributed by atoms with Crippen molar-refractivity contribution in [2.75, 3.05) is 14.2 Å². The van der Waals surface area contributed by atoms with Crippen molar-refractivity contribution in [3.05, 3.63) is 47.0 Å². The molecule has 2 N–H and O–H groups in total. The molecule has 0 amide bonds. The lowest BCUT2D eigenvalue weighted by Gasteiger charge is -2.13. The van der Waals surface area contributed by atoms with Gasteiger partial charge in [-0.25, -0.2) is 0 Å². The molecule has 3 nitrogen and oxygen atoms in total. The van der Waals surface area contributed by atoms with Crippen molar-refractivity contribution in [1.29, 1.82) is 0 Å². The Morgan fingerprint density at radius 3 is 2.35 bits per heavy atom. The van der Waals surface area contributed by atoms with E-state index in [1.807, 2.05) is 43.3 Å². The van der Waals surface area contributed by atoms with E-state index in [1.165, 1.54) is 0 Å². The van der Waals surface area contributed by atoms with Gasteiger partial charge in [-0.05, 0) is 42.3 Å². The summed E-state index contributed by atoms with van der Waals surface area (Å²) in [6.45, 7) is 1.91. The van der Waals surface area contributed by atoms with E-state index >= 15 is 0 Å². The molecule has 2 aromatic carbocycles. The third-order valence-electron chi connectivity index (χ3n) is 3.21. The summed E-state index contributed by atoms with van der Waals surface area (Å²) >= 11 is 6.29. The van der Waals surface area contributed by atoms with Gasteiger partial charge in [0.2, 0.25) is 0 Å². The molecule has 106 valence electrons. The lowest BCUT2D eigenvalue weighted by molar-refractivity contribution is 0.404. The topological polar surface area (TPSA) is 44.5 Å². The van der Waals surface area contributed by atoms with E-state index in [1.54, 1.807) is 14.2 Å². The monoisotopic (exact) mass is 291 g/mol. The molecular formula is C16H18ClNO2. The summed E-state index contributed by atoms with van der Waals surface area (Å²) in [5.74, 6) is 1.55. The maximum absolute atomic E-state index is 6.29. The number of nitrogens with two attached hydrogens (primary N) is 1. The van der Waals surface area contributed by atoms with Crippen LogP contribution in [0.5, 0.6) is 11.5 Å². The highest BCUT2D eigenvalue weighted by atomic mass is 35.5. The third kappa shape index (κ3) is 2.89. The fourth-order valence-electron chi connectivity index (χ4n) is 2.10. The molecule has 0 aliphatic heterocycles. The Morgan fingerprint density at radius 1 is 1.05 bits per heavy atom. The zero-order chi connectivity index (χ0) is 14.7. The molecule has 0 fully saturated rings. The Labute approximate surface area is 124 Å². The average molecular weight is 292 g/mol. The van der Waals surface area contributed by atoms with Crippen LogP contribution < -0.4 is 15.2 Å². The molecule has 0 radical (unpaired) electrons. The molecule has 0 aliphatic carbocycles. The van der Waals surface area contributed by atoms with Crippen LogP contribution in [-0.2, 0) is 0 Å². The van der Waals surface area contributed by atoms with Gasteiger partial charge in [0.15, 0.2) is 0 Å². The average Bonchev–Trinajstić information content (AvgIpc) is 2.46. The molecule has 0 aliphatic rings. The lowest BCUT2D eigenvalue weighted by Crippen LogP contribution is -2.05. The van der Waals surface area contributed by atoms with Crippen molar-refractivity contribution in [1.82, 2.24) is 0 Å². The lowest BCUT2D eigenvalue weighted by atomic mass is 10.0. The maximum atomic E-state index is 6.29. The molecule has 0 bridgehead atoms. The minimum absolute atomic E-state index is 0.0937. The van der Waals surface area contributed by atoms with Gasteiger partial charge in [0.1, 0.15) is 11.5 Å². The highest BCUT2D eigenvalue weighted by molar-refractivity contribution is 6.31. The second-order valence-corrected chi connectivity index (χ2v) is 5.00. The van der Waals surface area contributed by atoms with Crippen LogP contribution in [0.2, 0.25) is 5.02 Å². The fraction of sp³-hybridized carbons (Fsp3) is 0.250. The molecule has 1 atom stereocenters.